The molecule has 0 amide bonds. The van der Waals surface area contributed by atoms with Crippen LogP contribution >= 0.6 is 0 Å². The number of hydrogen-bond acceptors (Lipinski definition) is 6. The van der Waals surface area contributed by atoms with Crippen LogP contribution in [0.15, 0.2) is 102 Å². The Morgan fingerprint density at radius 3 is 2.52 bits per heavy atom. The molecule has 0 unspecified atom stereocenters. The van der Waals surface area contributed by atoms with Crippen molar-refractivity contribution in [3.05, 3.63) is 120 Å². The average molecular weight is 542 g/mol. The van der Waals surface area contributed by atoms with Gasteiger partial charge in [-0.1, -0.05) is 54.6 Å². The number of aromatic nitrogens is 2. The molecule has 5 aromatic rings. The maximum atomic E-state index is 14.0. The van der Waals surface area contributed by atoms with E-state index >= 15 is 0 Å². The molecule has 0 radical (unpaired) electrons. The molecule has 0 fully saturated rings. The minimum absolute atomic E-state index is 0.130. The number of nitrogens with zero attached hydrogens (tertiary/aromatic N) is 3. The summed E-state index contributed by atoms with van der Waals surface area (Å²) in [6.45, 7) is 3.22. The zero-order valence-corrected chi connectivity index (χ0v) is 22.5. The second kappa shape index (κ2) is 12.6. The molecule has 2 aromatic heterocycles. The van der Waals surface area contributed by atoms with Crippen molar-refractivity contribution in [1.82, 2.24) is 14.7 Å². The molecule has 0 aliphatic heterocycles. The van der Waals surface area contributed by atoms with Crippen LogP contribution in [0.3, 0.4) is 0 Å². The van der Waals surface area contributed by atoms with Gasteiger partial charge in [0.1, 0.15) is 41.5 Å². The van der Waals surface area contributed by atoms with Gasteiger partial charge < -0.3 is 19.0 Å². The highest BCUT2D eigenvalue weighted by atomic mass is 19.1. The molecule has 5 rings (SSSR count). The van der Waals surface area contributed by atoms with Crippen LogP contribution in [0.25, 0.3) is 11.3 Å². The van der Waals surface area contributed by atoms with Crippen molar-refractivity contribution >= 4 is 0 Å². The Balaban J connectivity index is 1.44. The summed E-state index contributed by atoms with van der Waals surface area (Å²) in [7, 11) is 1.80. The molecule has 0 aliphatic carbocycles. The molecule has 0 aliphatic rings. The number of aryl methyl sites for hydroxylation is 2. The molecular formula is C32H32FN3O4. The fraction of sp³-hybridized carbons (Fsp3) is 0.219. The summed E-state index contributed by atoms with van der Waals surface area (Å²) in [4.78, 5) is 2.06. The van der Waals surface area contributed by atoms with Crippen molar-refractivity contribution in [2.24, 2.45) is 7.05 Å². The lowest BCUT2D eigenvalue weighted by atomic mass is 10.1. The van der Waals surface area contributed by atoms with E-state index in [-0.39, 0.29) is 12.4 Å². The summed E-state index contributed by atoms with van der Waals surface area (Å²) in [6, 6.07) is 27.3. The van der Waals surface area contributed by atoms with Gasteiger partial charge in [0.15, 0.2) is 0 Å². The predicted octanol–water partition coefficient (Wildman–Crippen LogP) is 6.36. The summed E-state index contributed by atoms with van der Waals surface area (Å²) in [6.07, 6.45) is 0.849. The Morgan fingerprint density at radius 2 is 1.77 bits per heavy atom. The third kappa shape index (κ3) is 6.77. The standard InChI is InChI=1S/C32H32FN3O4/c1-23-10-6-7-16-30(23)39-22-26(37)19-36(20-28-15-9-17-38-28)21-29-31(24-11-4-3-5-12-24)34-35(2)32(29)40-27-14-8-13-25(33)18-27/h3-18,26,37H,19-22H2,1-2H3/t26-/m0/s1. The van der Waals surface area contributed by atoms with Gasteiger partial charge in [-0.2, -0.15) is 5.10 Å². The smallest absolute Gasteiger partial charge is 0.222 e. The first-order chi connectivity index (χ1) is 19.5. The Bertz CT molecular complexity index is 1520. The number of ether oxygens (including phenoxy) is 2. The molecule has 1 atom stereocenters. The largest absolute Gasteiger partial charge is 0.491 e. The van der Waals surface area contributed by atoms with Gasteiger partial charge in [0, 0.05) is 31.8 Å². The topological polar surface area (TPSA) is 72.9 Å². The van der Waals surface area contributed by atoms with E-state index < -0.39 is 6.10 Å². The lowest BCUT2D eigenvalue weighted by Gasteiger charge is -2.25. The minimum atomic E-state index is -0.779. The maximum Gasteiger partial charge on any atom is 0.222 e. The van der Waals surface area contributed by atoms with Crippen molar-refractivity contribution in [2.45, 2.75) is 26.1 Å². The van der Waals surface area contributed by atoms with E-state index in [2.05, 4.69) is 4.90 Å². The van der Waals surface area contributed by atoms with Gasteiger partial charge in [0.2, 0.25) is 5.88 Å². The van der Waals surface area contributed by atoms with Gasteiger partial charge in [0.25, 0.3) is 0 Å². The van der Waals surface area contributed by atoms with Gasteiger partial charge in [-0.05, 0) is 42.8 Å². The second-order valence-electron chi connectivity index (χ2n) is 9.66. The highest BCUT2D eigenvalue weighted by molar-refractivity contribution is 5.65. The van der Waals surface area contributed by atoms with Crippen LogP contribution in [-0.4, -0.2) is 39.0 Å². The van der Waals surface area contributed by atoms with Gasteiger partial charge in [-0.15, -0.1) is 0 Å². The molecule has 0 spiro atoms. The van der Waals surface area contributed by atoms with Crippen molar-refractivity contribution in [2.75, 3.05) is 13.2 Å². The summed E-state index contributed by atoms with van der Waals surface area (Å²) in [5, 5.41) is 15.8. The zero-order chi connectivity index (χ0) is 27.9. The summed E-state index contributed by atoms with van der Waals surface area (Å²) >= 11 is 0. The highest BCUT2D eigenvalue weighted by Crippen LogP contribution is 2.34. The lowest BCUT2D eigenvalue weighted by molar-refractivity contribution is 0.0600. The summed E-state index contributed by atoms with van der Waals surface area (Å²) < 4.78 is 33.4. The molecule has 2 heterocycles. The van der Waals surface area contributed by atoms with E-state index in [0.29, 0.717) is 31.3 Å². The van der Waals surface area contributed by atoms with Crippen LogP contribution < -0.4 is 9.47 Å². The fourth-order valence-electron chi connectivity index (χ4n) is 4.58. The van der Waals surface area contributed by atoms with E-state index in [9.17, 15) is 9.50 Å². The SMILES string of the molecule is Cc1ccccc1OC[C@@H](O)CN(Cc1ccco1)Cc1c(-c2ccccc2)nn(C)c1Oc1cccc(F)c1. The van der Waals surface area contributed by atoms with E-state index in [0.717, 1.165) is 33.9 Å². The number of hydrogen-bond donors (Lipinski definition) is 1. The Morgan fingerprint density at radius 1 is 0.975 bits per heavy atom. The first-order valence-corrected chi connectivity index (χ1v) is 13.1. The van der Waals surface area contributed by atoms with Crippen LogP contribution in [-0.2, 0) is 20.1 Å². The summed E-state index contributed by atoms with van der Waals surface area (Å²) in [5.41, 5.74) is 3.47. The van der Waals surface area contributed by atoms with Crippen molar-refractivity contribution in [3.8, 4) is 28.6 Å². The van der Waals surface area contributed by atoms with Crippen molar-refractivity contribution in [1.29, 1.82) is 0 Å². The molecule has 0 saturated carbocycles. The Kier molecular flexibility index (Phi) is 8.59. The van der Waals surface area contributed by atoms with Gasteiger partial charge in [-0.3, -0.25) is 4.90 Å². The zero-order valence-electron chi connectivity index (χ0n) is 22.5. The molecule has 206 valence electrons. The molecule has 1 N–H and O–H groups in total. The Labute approximate surface area is 233 Å². The molecule has 3 aromatic carbocycles. The first kappa shape index (κ1) is 27.2. The second-order valence-corrected chi connectivity index (χ2v) is 9.66. The minimum Gasteiger partial charge on any atom is -0.491 e. The predicted molar refractivity (Wildman–Crippen MR) is 151 cm³/mol. The normalized spacial score (nSPS) is 12.0. The molecule has 0 bridgehead atoms. The number of aliphatic hydroxyl groups excluding tert-OH is 1. The number of halogens is 1. The Hall–Kier alpha value is -4.40. The average Bonchev–Trinajstić information content (AvgIpc) is 3.57. The van der Waals surface area contributed by atoms with Crippen molar-refractivity contribution < 1.29 is 23.4 Å². The van der Waals surface area contributed by atoms with Gasteiger partial charge >= 0.3 is 0 Å². The molecule has 8 heteroatoms. The highest BCUT2D eigenvalue weighted by Gasteiger charge is 2.24. The van der Waals surface area contributed by atoms with Gasteiger partial charge in [0.05, 0.1) is 18.4 Å². The molecular weight excluding hydrogens is 509 g/mol. The monoisotopic (exact) mass is 541 g/mol. The van der Waals surface area contributed by atoms with Gasteiger partial charge in [-0.25, -0.2) is 9.07 Å². The number of furan rings is 1. The van der Waals surface area contributed by atoms with Crippen LogP contribution in [0.5, 0.6) is 17.4 Å². The third-order valence-corrected chi connectivity index (χ3v) is 6.48. The summed E-state index contributed by atoms with van der Waals surface area (Å²) in [5.74, 6) is 1.96. The van der Waals surface area contributed by atoms with E-state index in [4.69, 9.17) is 19.0 Å². The quantitative estimate of drug-likeness (QED) is 0.198. The number of para-hydroxylation sites is 1. The van der Waals surface area contributed by atoms with Crippen LogP contribution in [0.4, 0.5) is 4.39 Å². The van der Waals surface area contributed by atoms with E-state index in [1.165, 1.54) is 12.1 Å². The van der Waals surface area contributed by atoms with Crippen LogP contribution in [0.2, 0.25) is 0 Å². The maximum absolute atomic E-state index is 14.0. The third-order valence-electron chi connectivity index (χ3n) is 6.48. The fourth-order valence-corrected chi connectivity index (χ4v) is 4.58. The molecule has 7 nitrogen and oxygen atoms in total. The van der Waals surface area contributed by atoms with Crippen LogP contribution in [0.1, 0.15) is 16.9 Å². The number of aliphatic hydroxyl groups is 1. The first-order valence-electron chi connectivity index (χ1n) is 13.1. The van der Waals surface area contributed by atoms with Crippen molar-refractivity contribution in [3.63, 3.8) is 0 Å². The van der Waals surface area contributed by atoms with E-state index in [1.807, 2.05) is 73.7 Å². The number of benzene rings is 3. The van der Waals surface area contributed by atoms with E-state index in [1.54, 1.807) is 30.1 Å². The molecule has 40 heavy (non-hydrogen) atoms. The molecule has 0 saturated heterocycles. The van der Waals surface area contributed by atoms with Crippen LogP contribution in [0, 0.1) is 12.7 Å². The lowest BCUT2D eigenvalue weighted by Crippen LogP contribution is -2.35. The number of rotatable bonds is 12.